The van der Waals surface area contributed by atoms with Crippen molar-refractivity contribution in [3.05, 3.63) is 53.2 Å². The van der Waals surface area contributed by atoms with Gasteiger partial charge in [0.15, 0.2) is 0 Å². The van der Waals surface area contributed by atoms with Crippen molar-refractivity contribution in [2.75, 3.05) is 5.32 Å². The normalized spacial score (nSPS) is 10.3. The van der Waals surface area contributed by atoms with Crippen LogP contribution in [0.4, 0.5) is 11.6 Å². The minimum Gasteiger partial charge on any atom is -0.493 e. The lowest BCUT2D eigenvalue weighted by molar-refractivity contribution is 0.451. The SMILES string of the molecule is C=CCCc1cc(O)nc(Nc2cccc(Cl)c2C)n1. The van der Waals surface area contributed by atoms with E-state index in [1.807, 2.05) is 31.2 Å². The van der Waals surface area contributed by atoms with Crippen molar-refractivity contribution in [1.82, 2.24) is 9.97 Å². The average molecular weight is 290 g/mol. The van der Waals surface area contributed by atoms with E-state index in [0.29, 0.717) is 17.4 Å². The van der Waals surface area contributed by atoms with E-state index in [1.165, 1.54) is 0 Å². The number of rotatable bonds is 5. The molecule has 0 unspecified atom stereocenters. The van der Waals surface area contributed by atoms with Crippen LogP contribution >= 0.6 is 11.6 Å². The molecule has 0 saturated heterocycles. The molecule has 1 aromatic carbocycles. The fraction of sp³-hybridized carbons (Fsp3) is 0.200. The smallest absolute Gasteiger partial charge is 0.230 e. The molecule has 4 nitrogen and oxygen atoms in total. The summed E-state index contributed by atoms with van der Waals surface area (Å²) in [4.78, 5) is 8.34. The highest BCUT2D eigenvalue weighted by Crippen LogP contribution is 2.25. The number of nitrogens with zero attached hydrogens (tertiary/aromatic N) is 2. The number of aromatic hydroxyl groups is 1. The van der Waals surface area contributed by atoms with Crippen LogP contribution in [0, 0.1) is 6.92 Å². The van der Waals surface area contributed by atoms with Crippen molar-refractivity contribution in [2.24, 2.45) is 0 Å². The van der Waals surface area contributed by atoms with Gasteiger partial charge in [-0.3, -0.25) is 0 Å². The molecule has 0 aliphatic heterocycles. The molecular formula is C15H16ClN3O. The van der Waals surface area contributed by atoms with Crippen LogP contribution in [0.15, 0.2) is 36.9 Å². The zero-order valence-electron chi connectivity index (χ0n) is 11.2. The molecule has 0 bridgehead atoms. The second kappa shape index (κ2) is 6.39. The molecular weight excluding hydrogens is 274 g/mol. The quantitative estimate of drug-likeness (QED) is 0.817. The zero-order valence-corrected chi connectivity index (χ0v) is 12.0. The average Bonchev–Trinajstić information content (AvgIpc) is 2.41. The molecule has 2 rings (SSSR count). The lowest BCUT2D eigenvalue weighted by Gasteiger charge is -2.10. The van der Waals surface area contributed by atoms with Crippen LogP contribution in [0.3, 0.4) is 0 Å². The number of hydrogen-bond donors (Lipinski definition) is 2. The second-order valence-corrected chi connectivity index (χ2v) is 4.81. The van der Waals surface area contributed by atoms with E-state index in [0.717, 1.165) is 23.4 Å². The Labute approximate surface area is 123 Å². The van der Waals surface area contributed by atoms with Gasteiger partial charge in [0.2, 0.25) is 11.8 Å². The van der Waals surface area contributed by atoms with E-state index >= 15 is 0 Å². The maximum absolute atomic E-state index is 9.65. The van der Waals surface area contributed by atoms with Crippen LogP contribution in [0.25, 0.3) is 0 Å². The van der Waals surface area contributed by atoms with E-state index < -0.39 is 0 Å². The maximum Gasteiger partial charge on any atom is 0.230 e. The number of benzene rings is 1. The number of halogens is 1. The largest absolute Gasteiger partial charge is 0.493 e. The molecule has 0 spiro atoms. The molecule has 0 atom stereocenters. The molecule has 2 N–H and O–H groups in total. The fourth-order valence-corrected chi connectivity index (χ4v) is 1.95. The maximum atomic E-state index is 9.65. The Morgan fingerprint density at radius 3 is 2.95 bits per heavy atom. The van der Waals surface area contributed by atoms with Crippen LogP contribution in [0.2, 0.25) is 5.02 Å². The summed E-state index contributed by atoms with van der Waals surface area (Å²) in [6, 6.07) is 7.11. The summed E-state index contributed by atoms with van der Waals surface area (Å²) >= 11 is 6.07. The number of hydrogen-bond acceptors (Lipinski definition) is 4. The number of aryl methyl sites for hydroxylation is 1. The highest BCUT2D eigenvalue weighted by atomic mass is 35.5. The molecule has 0 radical (unpaired) electrons. The van der Waals surface area contributed by atoms with Gasteiger partial charge >= 0.3 is 0 Å². The fourth-order valence-electron chi connectivity index (χ4n) is 1.78. The van der Waals surface area contributed by atoms with Crippen LogP contribution < -0.4 is 5.32 Å². The Bertz CT molecular complexity index is 629. The number of aromatic nitrogens is 2. The van der Waals surface area contributed by atoms with E-state index in [-0.39, 0.29) is 5.88 Å². The molecule has 0 saturated carbocycles. The highest BCUT2D eigenvalue weighted by molar-refractivity contribution is 6.31. The Balaban J connectivity index is 2.26. The van der Waals surface area contributed by atoms with Gasteiger partial charge in [0.25, 0.3) is 0 Å². The summed E-state index contributed by atoms with van der Waals surface area (Å²) in [6.45, 7) is 5.58. The van der Waals surface area contributed by atoms with Crippen LogP contribution in [-0.4, -0.2) is 15.1 Å². The van der Waals surface area contributed by atoms with Crippen molar-refractivity contribution in [1.29, 1.82) is 0 Å². The molecule has 1 heterocycles. The van der Waals surface area contributed by atoms with Gasteiger partial charge in [-0.2, -0.15) is 4.98 Å². The van der Waals surface area contributed by atoms with Crippen LogP contribution in [0.1, 0.15) is 17.7 Å². The molecule has 0 aliphatic rings. The summed E-state index contributed by atoms with van der Waals surface area (Å²) in [5.74, 6) is 0.302. The van der Waals surface area contributed by atoms with Crippen molar-refractivity contribution in [2.45, 2.75) is 19.8 Å². The zero-order chi connectivity index (χ0) is 14.5. The van der Waals surface area contributed by atoms with E-state index in [2.05, 4.69) is 21.9 Å². The van der Waals surface area contributed by atoms with Gasteiger partial charge in [-0.15, -0.1) is 6.58 Å². The molecule has 0 amide bonds. The predicted molar refractivity (Wildman–Crippen MR) is 81.7 cm³/mol. The number of nitrogens with one attached hydrogen (secondary N) is 1. The first-order chi connectivity index (χ1) is 9.60. The third kappa shape index (κ3) is 3.48. The van der Waals surface area contributed by atoms with E-state index in [1.54, 1.807) is 6.07 Å². The lowest BCUT2D eigenvalue weighted by Crippen LogP contribution is -2.01. The van der Waals surface area contributed by atoms with Gasteiger partial charge in [0.1, 0.15) is 0 Å². The summed E-state index contributed by atoms with van der Waals surface area (Å²) in [5.41, 5.74) is 2.49. The van der Waals surface area contributed by atoms with Gasteiger partial charge in [-0.25, -0.2) is 4.98 Å². The summed E-state index contributed by atoms with van der Waals surface area (Å²) in [5, 5.41) is 13.4. The highest BCUT2D eigenvalue weighted by Gasteiger charge is 2.07. The lowest BCUT2D eigenvalue weighted by atomic mass is 10.2. The summed E-state index contributed by atoms with van der Waals surface area (Å²) in [7, 11) is 0. The standard InChI is InChI=1S/C15H16ClN3O/c1-3-4-6-11-9-14(20)19-15(17-11)18-13-8-5-7-12(16)10(13)2/h3,5,7-9H,1,4,6H2,2H3,(H2,17,18,19,20). The monoisotopic (exact) mass is 289 g/mol. The van der Waals surface area contributed by atoms with Gasteiger partial charge in [0.05, 0.1) is 5.69 Å². The Morgan fingerprint density at radius 1 is 1.40 bits per heavy atom. The first-order valence-corrected chi connectivity index (χ1v) is 6.68. The van der Waals surface area contributed by atoms with Crippen molar-refractivity contribution in [3.8, 4) is 5.88 Å². The molecule has 0 fully saturated rings. The third-order valence-corrected chi connectivity index (χ3v) is 3.29. The summed E-state index contributed by atoms with van der Waals surface area (Å²) in [6.07, 6.45) is 3.32. The predicted octanol–water partition coefficient (Wildman–Crippen LogP) is 4.01. The minimum absolute atomic E-state index is 0.0544. The third-order valence-electron chi connectivity index (χ3n) is 2.88. The molecule has 20 heavy (non-hydrogen) atoms. The van der Waals surface area contributed by atoms with Crippen molar-refractivity contribution in [3.63, 3.8) is 0 Å². The van der Waals surface area contributed by atoms with Crippen molar-refractivity contribution >= 4 is 23.2 Å². The topological polar surface area (TPSA) is 58.0 Å². The van der Waals surface area contributed by atoms with Crippen LogP contribution in [-0.2, 0) is 6.42 Å². The molecule has 104 valence electrons. The van der Waals surface area contributed by atoms with Gasteiger partial charge in [-0.05, 0) is 37.5 Å². The molecule has 5 heteroatoms. The first-order valence-electron chi connectivity index (χ1n) is 6.30. The number of anilines is 2. The molecule has 2 aromatic rings. The second-order valence-electron chi connectivity index (χ2n) is 4.41. The van der Waals surface area contributed by atoms with Crippen molar-refractivity contribution < 1.29 is 5.11 Å². The number of allylic oxidation sites excluding steroid dienone is 1. The Hall–Kier alpha value is -2.07. The van der Waals surface area contributed by atoms with Crippen LogP contribution in [0.5, 0.6) is 5.88 Å². The van der Waals surface area contributed by atoms with E-state index in [4.69, 9.17) is 11.6 Å². The first kappa shape index (κ1) is 14.3. The Kier molecular flexibility index (Phi) is 4.58. The Morgan fingerprint density at radius 2 is 2.20 bits per heavy atom. The van der Waals surface area contributed by atoms with Gasteiger partial charge < -0.3 is 10.4 Å². The summed E-state index contributed by atoms with van der Waals surface area (Å²) < 4.78 is 0. The minimum atomic E-state index is -0.0544. The van der Waals surface area contributed by atoms with Gasteiger partial charge in [0, 0.05) is 16.8 Å². The van der Waals surface area contributed by atoms with E-state index in [9.17, 15) is 5.11 Å². The molecule has 1 aromatic heterocycles. The van der Waals surface area contributed by atoms with Gasteiger partial charge in [-0.1, -0.05) is 23.7 Å². The molecule has 0 aliphatic carbocycles.